The minimum absolute atomic E-state index is 0.211. The van der Waals surface area contributed by atoms with Gasteiger partial charge in [0.15, 0.2) is 6.54 Å². The Morgan fingerprint density at radius 1 is 0.606 bits per heavy atom. The number of H-pyrrole nitrogens is 1. The van der Waals surface area contributed by atoms with Crippen LogP contribution in [0.15, 0.2) is 110 Å². The zero-order valence-electron chi connectivity index (χ0n) is 52.4. The molecule has 2 aliphatic heterocycles. The fourth-order valence-electron chi connectivity index (χ4n) is 12.8. The number of aliphatic hydroxyl groups is 2. The van der Waals surface area contributed by atoms with Crippen molar-refractivity contribution in [3.8, 4) is 32.4 Å². The Balaban J connectivity index is 0.000000171. The molecule has 0 unspecified atom stereocenters. The summed E-state index contributed by atoms with van der Waals surface area (Å²) in [6, 6.07) is 23.6. The zero-order chi connectivity index (χ0) is 64.7. The van der Waals surface area contributed by atoms with Gasteiger partial charge in [-0.3, -0.25) is 24.3 Å². The summed E-state index contributed by atoms with van der Waals surface area (Å²) in [5, 5.41) is 40.0. The number of halogens is 4. The fourth-order valence-corrected chi connectivity index (χ4v) is 15.7. The molecule has 492 valence electrons. The minimum atomic E-state index is -0.504. The minimum Gasteiger partial charge on any atom is -0.487 e. The second-order valence-corrected chi connectivity index (χ2v) is 26.8. The number of hydrogen-bond donors (Lipinski definition) is 5. The van der Waals surface area contributed by atoms with Gasteiger partial charge >= 0.3 is 0 Å². The predicted octanol–water partition coefficient (Wildman–Crippen LogP) is 10.2. The van der Waals surface area contributed by atoms with Gasteiger partial charge in [0.1, 0.15) is 76.4 Å². The van der Waals surface area contributed by atoms with Gasteiger partial charge in [-0.15, -0.1) is 27.4 Å². The molecule has 10 aromatic rings. The lowest BCUT2D eigenvalue weighted by Gasteiger charge is -2.35. The van der Waals surface area contributed by atoms with E-state index in [0.29, 0.717) is 53.5 Å². The van der Waals surface area contributed by atoms with Crippen LogP contribution in [-0.4, -0.2) is 183 Å². The summed E-state index contributed by atoms with van der Waals surface area (Å²) in [7, 11) is 3.47. The quantitative estimate of drug-likeness (QED) is 0.0357. The van der Waals surface area contributed by atoms with Crippen LogP contribution in [0, 0.1) is 11.6 Å². The second kappa shape index (κ2) is 30.2. The zero-order valence-corrected chi connectivity index (χ0v) is 55.5. The first-order valence-corrected chi connectivity index (χ1v) is 34.1. The molecule has 14 rings (SSSR count). The average molecular weight is 1360 g/mol. The third-order valence-electron chi connectivity index (χ3n) is 17.6. The lowest BCUT2D eigenvalue weighted by molar-refractivity contribution is -0.761. The Morgan fingerprint density at radius 3 is 1.64 bits per heavy atom. The number of ether oxygens (including phenoxy) is 4. The van der Waals surface area contributed by atoms with E-state index in [1.165, 1.54) is 46.0 Å². The number of fused-ring (bicyclic) bond motifs is 10. The Bertz CT molecular complexity index is 4080. The van der Waals surface area contributed by atoms with Crippen molar-refractivity contribution in [2.75, 3.05) is 117 Å². The number of aromatic nitrogens is 8. The van der Waals surface area contributed by atoms with E-state index in [2.05, 4.69) is 66.1 Å². The highest BCUT2D eigenvalue weighted by atomic mass is 35.5. The summed E-state index contributed by atoms with van der Waals surface area (Å²) in [6.45, 7) is 13.9. The van der Waals surface area contributed by atoms with Gasteiger partial charge in [-0.2, -0.15) is 10.2 Å². The molecule has 6 aromatic heterocycles. The number of aromatic amines is 1. The van der Waals surface area contributed by atoms with Crippen LogP contribution >= 0.6 is 45.9 Å². The van der Waals surface area contributed by atoms with Crippen LogP contribution in [0.3, 0.4) is 0 Å². The molecular formula is C68H75Cl2F2N14O6S2+. The number of thiophene rings is 2. The third kappa shape index (κ3) is 15.5. The van der Waals surface area contributed by atoms with E-state index in [1.807, 2.05) is 29.1 Å². The van der Waals surface area contributed by atoms with Crippen LogP contribution in [0.25, 0.3) is 41.3 Å². The second-order valence-electron chi connectivity index (χ2n) is 24.0. The molecule has 4 aliphatic rings. The molecule has 0 saturated carbocycles. The molecule has 2 fully saturated rings. The number of methoxy groups -OCH3 is 2. The van der Waals surface area contributed by atoms with Crippen molar-refractivity contribution in [2.24, 2.45) is 0 Å². The van der Waals surface area contributed by atoms with E-state index in [0.717, 1.165) is 175 Å². The van der Waals surface area contributed by atoms with Crippen molar-refractivity contribution in [3.63, 3.8) is 0 Å². The topological polar surface area (TPSA) is 203 Å². The molecule has 0 spiro atoms. The predicted molar refractivity (Wildman–Crippen MR) is 363 cm³/mol. The number of β-amino-alcohol motifs (C(OH)–C–C–N with tert-alkyl or cyclic N) is 2. The van der Waals surface area contributed by atoms with E-state index in [9.17, 15) is 19.0 Å². The maximum atomic E-state index is 13.5. The summed E-state index contributed by atoms with van der Waals surface area (Å²) in [4.78, 5) is 32.1. The van der Waals surface area contributed by atoms with Gasteiger partial charge in [0.25, 0.3) is 0 Å². The number of hydrogen-bond acceptors (Lipinski definition) is 19. The highest BCUT2D eigenvalue weighted by Crippen LogP contribution is 2.47. The molecule has 5 N–H and O–H groups in total. The van der Waals surface area contributed by atoms with Crippen LogP contribution in [0.5, 0.6) is 11.5 Å². The number of anilines is 4. The summed E-state index contributed by atoms with van der Waals surface area (Å²) in [6.07, 6.45) is 9.61. The van der Waals surface area contributed by atoms with Gasteiger partial charge in [-0.05, 0) is 102 Å². The van der Waals surface area contributed by atoms with Crippen LogP contribution in [-0.2, 0) is 61.5 Å². The van der Waals surface area contributed by atoms with Crippen LogP contribution in [0.4, 0.5) is 31.8 Å². The first-order chi connectivity index (χ1) is 45.9. The van der Waals surface area contributed by atoms with E-state index in [4.69, 9.17) is 47.2 Å². The lowest BCUT2D eigenvalue weighted by Crippen LogP contribution is -2.52. The molecule has 8 heterocycles. The van der Waals surface area contributed by atoms with Gasteiger partial charge in [-0.25, -0.2) is 28.7 Å². The Labute approximate surface area is 561 Å². The monoisotopic (exact) mass is 1360 g/mol. The van der Waals surface area contributed by atoms with Gasteiger partial charge in [0, 0.05) is 132 Å². The number of benzene rings is 4. The SMILES string of the molecule is COCCN1CCN(C[C@@H](O)C[n+]2[nH]cc3c2CCc2c-3sc3ncnc(Nc4ccc(OCc5cccc(F)c5)c(Cl)c4)c23)CC1.COCCN1CCN(C[C@@H](O)Cn2cc3c(n2)CCc2c-3sc3ncnc(Nc4ccc(OCc5cccc(F)c5)c(Cl)c4)c23)CC1. The van der Waals surface area contributed by atoms with Gasteiger partial charge in [0.05, 0.1) is 64.1 Å². The molecule has 94 heavy (non-hydrogen) atoms. The standard InChI is InChI=1S/2C34H37ClFN7O3S/c1-45-14-13-41-9-11-42(12-10-41)18-25(44)19-43-29-7-6-26-31-33(37-21-38-34(31)47-32(26)27(29)17-39-43)40-24-5-8-30(28(35)16-24)46-20-22-3-2-4-23(36)15-22;1-45-14-13-41-9-11-42(12-10-41)17-25(44)18-43-19-27-29(40-43)7-6-26-31-33(37-21-38-34(31)47-32(26)27)39-24-5-8-30(28(35)16-24)46-20-22-3-2-4-23(36)15-22/h2-5,8,15-17,21,25,44H,6-7,9-14,18-20H2,1H3,(H,37,38,40);2-5,8,15-16,19,21,25,44H,6-7,9-14,17-18,20H2,1H3,(H,37,38,39)/p+1/t2*25-/m11/s1. The summed E-state index contributed by atoms with van der Waals surface area (Å²) >= 11 is 16.5. The highest BCUT2D eigenvalue weighted by molar-refractivity contribution is 7.22. The van der Waals surface area contributed by atoms with E-state index >= 15 is 0 Å². The molecular weight excluding hydrogens is 1280 g/mol. The maximum absolute atomic E-state index is 13.5. The summed E-state index contributed by atoms with van der Waals surface area (Å²) in [5.41, 5.74) is 9.92. The molecule has 0 amide bonds. The van der Waals surface area contributed by atoms with Gasteiger partial charge in [0.2, 0.25) is 5.69 Å². The van der Waals surface area contributed by atoms with Crippen molar-refractivity contribution in [3.05, 3.63) is 165 Å². The molecule has 2 atom stereocenters. The van der Waals surface area contributed by atoms with Crippen molar-refractivity contribution >= 4 is 89.3 Å². The van der Waals surface area contributed by atoms with E-state index < -0.39 is 12.2 Å². The maximum Gasteiger partial charge on any atom is 0.216 e. The van der Waals surface area contributed by atoms with Crippen LogP contribution < -0.4 is 24.8 Å². The average Bonchev–Trinajstić information content (AvgIpc) is 1.60. The summed E-state index contributed by atoms with van der Waals surface area (Å²) < 4.78 is 53.2. The lowest BCUT2D eigenvalue weighted by atomic mass is 9.95. The highest BCUT2D eigenvalue weighted by Gasteiger charge is 2.34. The number of aliphatic hydroxyl groups excluding tert-OH is 2. The Kier molecular flexibility index (Phi) is 21.0. The molecule has 20 nitrogen and oxygen atoms in total. The van der Waals surface area contributed by atoms with Crippen molar-refractivity contribution in [1.82, 2.24) is 54.4 Å². The molecule has 26 heteroatoms. The summed E-state index contributed by atoms with van der Waals surface area (Å²) in [5.74, 6) is 1.86. The normalized spacial score (nSPS) is 15.8. The number of aryl methyl sites for hydroxylation is 3. The van der Waals surface area contributed by atoms with E-state index in [-0.39, 0.29) is 24.8 Å². The van der Waals surface area contributed by atoms with Crippen molar-refractivity contribution < 1.29 is 42.6 Å². The largest absolute Gasteiger partial charge is 0.487 e. The molecule has 0 radical (unpaired) electrons. The Morgan fingerprint density at radius 2 is 1.12 bits per heavy atom. The number of nitrogens with one attached hydrogen (secondary N) is 3. The molecule has 0 bridgehead atoms. The number of piperazine rings is 2. The molecule has 4 aromatic carbocycles. The van der Waals surface area contributed by atoms with Gasteiger partial charge in [-0.1, -0.05) is 47.5 Å². The van der Waals surface area contributed by atoms with Crippen LogP contribution in [0.1, 0.15) is 33.6 Å². The van der Waals surface area contributed by atoms with Crippen LogP contribution in [0.2, 0.25) is 10.0 Å². The molecule has 2 aliphatic carbocycles. The smallest absolute Gasteiger partial charge is 0.216 e. The number of rotatable bonds is 24. The first kappa shape index (κ1) is 65.4. The first-order valence-electron chi connectivity index (χ1n) is 31.7. The number of nitrogens with zero attached hydrogens (tertiary/aromatic N) is 11. The van der Waals surface area contributed by atoms with E-state index in [1.54, 1.807) is 92.0 Å². The third-order valence-corrected chi connectivity index (χ3v) is 20.5. The fraction of sp³-hybridized carbons (Fsp3) is 0.382. The van der Waals surface area contributed by atoms with Crippen molar-refractivity contribution in [2.45, 2.75) is 64.2 Å². The van der Waals surface area contributed by atoms with Gasteiger partial charge < -0.3 is 39.8 Å². The molecule has 2 saturated heterocycles. The Hall–Kier alpha value is -7.30. The van der Waals surface area contributed by atoms with Crippen molar-refractivity contribution in [1.29, 1.82) is 0 Å².